The van der Waals surface area contributed by atoms with E-state index in [0.717, 1.165) is 28.5 Å². The topological polar surface area (TPSA) is 31.2 Å². The maximum absolute atomic E-state index is 11.0. The summed E-state index contributed by atoms with van der Waals surface area (Å²) in [6, 6.07) is 6.48. The van der Waals surface area contributed by atoms with E-state index < -0.39 is 0 Å². The predicted molar refractivity (Wildman–Crippen MR) is 62.1 cm³/mol. The maximum atomic E-state index is 11.0. The fourth-order valence-corrected chi connectivity index (χ4v) is 2.14. The van der Waals surface area contributed by atoms with Crippen molar-refractivity contribution in [2.24, 2.45) is 0 Å². The molecule has 1 aliphatic carbocycles. The SMILES string of the molecule is COc1ccc2c(c1)c(C=O)cn2C1CC1. The average Bonchev–Trinajstić information content (AvgIpc) is 3.10. The number of carbonyl (C=O) groups is 1. The molecule has 2 aromatic rings. The second-order valence-electron chi connectivity index (χ2n) is 4.22. The number of methoxy groups -OCH3 is 1. The minimum Gasteiger partial charge on any atom is -0.497 e. The number of aldehydes is 1. The first kappa shape index (κ1) is 9.46. The molecule has 1 heterocycles. The molecule has 1 aromatic heterocycles. The normalized spacial score (nSPS) is 15.3. The second kappa shape index (κ2) is 3.37. The lowest BCUT2D eigenvalue weighted by molar-refractivity contribution is 0.112. The average molecular weight is 215 g/mol. The number of nitrogens with zero attached hydrogens (tertiary/aromatic N) is 1. The van der Waals surface area contributed by atoms with E-state index in [4.69, 9.17) is 4.74 Å². The van der Waals surface area contributed by atoms with E-state index in [-0.39, 0.29) is 0 Å². The van der Waals surface area contributed by atoms with Crippen molar-refractivity contribution in [2.45, 2.75) is 18.9 Å². The van der Waals surface area contributed by atoms with Crippen LogP contribution in [0.1, 0.15) is 29.2 Å². The van der Waals surface area contributed by atoms with Crippen LogP contribution in [-0.2, 0) is 0 Å². The number of benzene rings is 1. The van der Waals surface area contributed by atoms with Gasteiger partial charge in [0.2, 0.25) is 0 Å². The lowest BCUT2D eigenvalue weighted by Gasteiger charge is -2.03. The lowest BCUT2D eigenvalue weighted by Crippen LogP contribution is -1.90. The molecule has 0 radical (unpaired) electrons. The molecule has 1 fully saturated rings. The predicted octanol–water partition coefficient (Wildman–Crippen LogP) is 2.80. The zero-order chi connectivity index (χ0) is 11.1. The Balaban J connectivity index is 2.26. The monoisotopic (exact) mass is 215 g/mol. The lowest BCUT2D eigenvalue weighted by atomic mass is 10.2. The molecule has 1 aromatic carbocycles. The molecule has 3 heteroatoms. The number of aromatic nitrogens is 1. The van der Waals surface area contributed by atoms with E-state index in [9.17, 15) is 4.79 Å². The molecule has 16 heavy (non-hydrogen) atoms. The number of fused-ring (bicyclic) bond motifs is 1. The standard InChI is InChI=1S/C13H13NO2/c1-16-11-4-5-13-12(6-11)9(8-15)7-14(13)10-2-3-10/h4-8,10H,2-3H2,1H3. The first-order valence-corrected chi connectivity index (χ1v) is 5.47. The Bertz CT molecular complexity index is 552. The first-order chi connectivity index (χ1) is 7.83. The van der Waals surface area contributed by atoms with Crippen molar-refractivity contribution in [3.8, 4) is 5.75 Å². The van der Waals surface area contributed by atoms with Crippen LogP contribution in [0.25, 0.3) is 10.9 Å². The van der Waals surface area contributed by atoms with Crippen LogP contribution in [0.5, 0.6) is 5.75 Å². The van der Waals surface area contributed by atoms with Crippen LogP contribution in [-0.4, -0.2) is 18.0 Å². The summed E-state index contributed by atoms with van der Waals surface area (Å²) in [5, 5.41) is 0.987. The van der Waals surface area contributed by atoms with Crippen LogP contribution in [0.15, 0.2) is 24.4 Å². The number of hydrogen-bond donors (Lipinski definition) is 0. The van der Waals surface area contributed by atoms with E-state index in [2.05, 4.69) is 4.57 Å². The Morgan fingerprint density at radius 3 is 2.88 bits per heavy atom. The van der Waals surface area contributed by atoms with Gasteiger partial charge in [-0.15, -0.1) is 0 Å². The highest BCUT2D eigenvalue weighted by Crippen LogP contribution is 2.39. The maximum Gasteiger partial charge on any atom is 0.152 e. The molecule has 0 unspecified atom stereocenters. The zero-order valence-corrected chi connectivity index (χ0v) is 9.14. The molecule has 1 saturated carbocycles. The van der Waals surface area contributed by atoms with Crippen LogP contribution in [0, 0.1) is 0 Å². The highest BCUT2D eigenvalue weighted by Gasteiger charge is 2.25. The fraction of sp³-hybridized carbons (Fsp3) is 0.308. The summed E-state index contributed by atoms with van der Waals surface area (Å²) in [6.07, 6.45) is 5.30. The van der Waals surface area contributed by atoms with E-state index >= 15 is 0 Å². The molecular weight excluding hydrogens is 202 g/mol. The van der Waals surface area contributed by atoms with Gasteiger partial charge >= 0.3 is 0 Å². The largest absolute Gasteiger partial charge is 0.497 e. The molecule has 1 aliphatic rings. The van der Waals surface area contributed by atoms with Crippen LogP contribution in [0.4, 0.5) is 0 Å². The molecule has 0 amide bonds. The van der Waals surface area contributed by atoms with Crippen LogP contribution >= 0.6 is 0 Å². The van der Waals surface area contributed by atoms with E-state index in [1.54, 1.807) is 7.11 Å². The summed E-state index contributed by atoms with van der Waals surface area (Å²) in [5.41, 5.74) is 1.88. The molecule has 0 N–H and O–H groups in total. The molecule has 0 saturated heterocycles. The quantitative estimate of drug-likeness (QED) is 0.737. The van der Waals surface area contributed by atoms with Gasteiger partial charge in [0.1, 0.15) is 5.75 Å². The Morgan fingerprint density at radius 1 is 1.44 bits per heavy atom. The summed E-state index contributed by atoms with van der Waals surface area (Å²) < 4.78 is 7.39. The van der Waals surface area contributed by atoms with Gasteiger partial charge in [0, 0.05) is 28.7 Å². The van der Waals surface area contributed by atoms with Crippen molar-refractivity contribution in [2.75, 3.05) is 7.11 Å². The number of rotatable bonds is 3. The summed E-state index contributed by atoms with van der Waals surface area (Å²) in [6.45, 7) is 0. The highest BCUT2D eigenvalue weighted by atomic mass is 16.5. The van der Waals surface area contributed by atoms with Crippen molar-refractivity contribution >= 4 is 17.2 Å². The number of carbonyl (C=O) groups excluding carboxylic acids is 1. The van der Waals surface area contributed by atoms with Gasteiger partial charge in [-0.25, -0.2) is 0 Å². The van der Waals surface area contributed by atoms with Crippen molar-refractivity contribution in [1.82, 2.24) is 4.57 Å². The first-order valence-electron chi connectivity index (χ1n) is 5.47. The smallest absolute Gasteiger partial charge is 0.152 e. The second-order valence-corrected chi connectivity index (χ2v) is 4.22. The molecule has 0 aliphatic heterocycles. The van der Waals surface area contributed by atoms with Crippen molar-refractivity contribution < 1.29 is 9.53 Å². The van der Waals surface area contributed by atoms with Gasteiger partial charge in [-0.05, 0) is 31.0 Å². The molecule has 3 nitrogen and oxygen atoms in total. The van der Waals surface area contributed by atoms with Crippen molar-refractivity contribution in [1.29, 1.82) is 0 Å². The molecule has 0 atom stereocenters. The molecule has 0 spiro atoms. The van der Waals surface area contributed by atoms with E-state index in [1.807, 2.05) is 24.4 Å². The van der Waals surface area contributed by atoms with Gasteiger partial charge in [0.15, 0.2) is 6.29 Å². The third kappa shape index (κ3) is 1.32. The van der Waals surface area contributed by atoms with Crippen molar-refractivity contribution in [3.63, 3.8) is 0 Å². The van der Waals surface area contributed by atoms with Crippen LogP contribution in [0.2, 0.25) is 0 Å². The summed E-state index contributed by atoms with van der Waals surface area (Å²) in [7, 11) is 1.64. The summed E-state index contributed by atoms with van der Waals surface area (Å²) in [4.78, 5) is 11.0. The fourth-order valence-electron chi connectivity index (χ4n) is 2.14. The summed E-state index contributed by atoms with van der Waals surface area (Å²) >= 11 is 0. The van der Waals surface area contributed by atoms with Gasteiger partial charge in [0.05, 0.1) is 7.11 Å². The molecule has 3 rings (SSSR count). The minimum absolute atomic E-state index is 0.588. The third-order valence-corrected chi connectivity index (χ3v) is 3.14. The molecule has 0 bridgehead atoms. The Morgan fingerprint density at radius 2 is 2.25 bits per heavy atom. The summed E-state index contributed by atoms with van der Waals surface area (Å²) in [5.74, 6) is 0.796. The number of hydrogen-bond acceptors (Lipinski definition) is 2. The molecule has 82 valence electrons. The third-order valence-electron chi connectivity index (χ3n) is 3.14. The van der Waals surface area contributed by atoms with Crippen LogP contribution in [0.3, 0.4) is 0 Å². The van der Waals surface area contributed by atoms with Gasteiger partial charge in [0.25, 0.3) is 0 Å². The Kier molecular flexibility index (Phi) is 1.99. The van der Waals surface area contributed by atoms with Gasteiger partial charge in [-0.1, -0.05) is 0 Å². The Labute approximate surface area is 93.6 Å². The van der Waals surface area contributed by atoms with Gasteiger partial charge < -0.3 is 9.30 Å². The Hall–Kier alpha value is -1.77. The van der Waals surface area contributed by atoms with Crippen LogP contribution < -0.4 is 4.74 Å². The van der Waals surface area contributed by atoms with E-state index in [0.29, 0.717) is 6.04 Å². The highest BCUT2D eigenvalue weighted by molar-refractivity contribution is 5.98. The zero-order valence-electron chi connectivity index (χ0n) is 9.14. The minimum atomic E-state index is 0.588. The molecular formula is C13H13NO2. The van der Waals surface area contributed by atoms with Gasteiger partial charge in [-0.3, -0.25) is 4.79 Å². The number of ether oxygens (including phenoxy) is 1. The van der Waals surface area contributed by atoms with Crippen molar-refractivity contribution in [3.05, 3.63) is 30.0 Å². The van der Waals surface area contributed by atoms with E-state index in [1.165, 1.54) is 12.8 Å². The van der Waals surface area contributed by atoms with Gasteiger partial charge in [-0.2, -0.15) is 0 Å².